The Kier molecular flexibility index (Phi) is 10.0. The Balaban J connectivity index is 1.57. The summed E-state index contributed by atoms with van der Waals surface area (Å²) in [7, 11) is 2.20. The van der Waals surface area contributed by atoms with Crippen molar-refractivity contribution in [2.75, 3.05) is 20.1 Å². The van der Waals surface area contributed by atoms with Crippen LogP contribution in [0.25, 0.3) is 0 Å². The van der Waals surface area contributed by atoms with Crippen LogP contribution in [0, 0.1) is 17.3 Å². The summed E-state index contributed by atoms with van der Waals surface area (Å²) < 4.78 is 15.3. The lowest BCUT2D eigenvalue weighted by Gasteiger charge is -2.36. The molecule has 2 fully saturated rings. The number of halogens is 1. The van der Waals surface area contributed by atoms with Crippen LogP contribution in [0.3, 0.4) is 0 Å². The van der Waals surface area contributed by atoms with Crippen LogP contribution < -0.4 is 11.1 Å². The maximum absolute atomic E-state index is 15.3. The summed E-state index contributed by atoms with van der Waals surface area (Å²) in [6.45, 7) is 11.2. The lowest BCUT2D eigenvalue weighted by Crippen LogP contribution is -2.31. The van der Waals surface area contributed by atoms with Crippen molar-refractivity contribution in [1.82, 2.24) is 10.2 Å². The predicted octanol–water partition coefficient (Wildman–Crippen LogP) is 7.36. The lowest BCUT2D eigenvalue weighted by molar-refractivity contribution is 0.236. The van der Waals surface area contributed by atoms with E-state index in [0.717, 1.165) is 55.9 Å². The highest BCUT2D eigenvalue weighted by Crippen LogP contribution is 2.51. The van der Waals surface area contributed by atoms with Crippen molar-refractivity contribution in [2.24, 2.45) is 33.0 Å². The Hall–Kier alpha value is -2.47. The zero-order valence-electron chi connectivity index (χ0n) is 24.9. The lowest BCUT2D eigenvalue weighted by atomic mass is 9.68. The van der Waals surface area contributed by atoms with E-state index in [1.54, 1.807) is 6.08 Å². The summed E-state index contributed by atoms with van der Waals surface area (Å²) >= 11 is 0. The molecule has 0 bridgehead atoms. The van der Waals surface area contributed by atoms with Crippen molar-refractivity contribution in [3.05, 3.63) is 58.7 Å². The Bertz CT molecular complexity index is 1090. The molecule has 2 aliphatic carbocycles. The van der Waals surface area contributed by atoms with Crippen molar-refractivity contribution in [2.45, 2.75) is 98.1 Å². The fourth-order valence-electron chi connectivity index (χ4n) is 6.83. The first-order valence-electron chi connectivity index (χ1n) is 15.3. The molecule has 0 aromatic carbocycles. The van der Waals surface area contributed by atoms with Gasteiger partial charge in [-0.15, -0.1) is 0 Å². The van der Waals surface area contributed by atoms with Crippen LogP contribution in [0.1, 0.15) is 91.9 Å². The number of piperidine rings is 1. The Morgan fingerprint density at radius 3 is 2.59 bits per heavy atom. The molecular weight excluding hydrogens is 485 g/mol. The Morgan fingerprint density at radius 1 is 1.23 bits per heavy atom. The maximum atomic E-state index is 15.3. The fraction of sp³-hybridized carbons (Fsp3) is 0.636. The molecule has 0 aromatic heterocycles. The highest BCUT2D eigenvalue weighted by molar-refractivity contribution is 6.13. The number of likely N-dealkylation sites (tertiary alicyclic amines) is 1. The van der Waals surface area contributed by atoms with Gasteiger partial charge in [-0.1, -0.05) is 58.3 Å². The van der Waals surface area contributed by atoms with Gasteiger partial charge in [0, 0.05) is 36.7 Å². The first-order valence-corrected chi connectivity index (χ1v) is 15.3. The number of nitrogens with two attached hydrogens (primary N) is 1. The molecule has 4 rings (SSSR count). The maximum Gasteiger partial charge on any atom is 0.145 e. The van der Waals surface area contributed by atoms with Crippen molar-refractivity contribution in [1.29, 1.82) is 0 Å². The van der Waals surface area contributed by atoms with E-state index in [0.29, 0.717) is 30.4 Å². The topological polar surface area (TPSA) is 66.0 Å². The van der Waals surface area contributed by atoms with E-state index in [1.165, 1.54) is 36.8 Å². The van der Waals surface area contributed by atoms with Gasteiger partial charge in [-0.3, -0.25) is 4.99 Å². The van der Waals surface area contributed by atoms with Crippen LogP contribution >= 0.6 is 0 Å². The van der Waals surface area contributed by atoms with Crippen LogP contribution in [0.5, 0.6) is 0 Å². The molecule has 1 unspecified atom stereocenters. The highest BCUT2D eigenvalue weighted by atomic mass is 19.1. The average molecular weight is 536 g/mol. The number of rotatable bonds is 8. The van der Waals surface area contributed by atoms with Gasteiger partial charge < -0.3 is 16.0 Å². The van der Waals surface area contributed by atoms with Gasteiger partial charge in [0.1, 0.15) is 23.5 Å². The molecular formula is C33H50FN5. The molecule has 214 valence electrons. The number of allylic oxidation sites excluding steroid dienone is 7. The molecule has 1 saturated carbocycles. The summed E-state index contributed by atoms with van der Waals surface area (Å²) in [4.78, 5) is 12.2. The number of dihydropyridines is 1. The second-order valence-corrected chi connectivity index (χ2v) is 12.1. The average Bonchev–Trinajstić information content (AvgIpc) is 3.35. The van der Waals surface area contributed by atoms with Gasteiger partial charge in [0.25, 0.3) is 0 Å². The molecule has 1 saturated heterocycles. The Morgan fingerprint density at radius 2 is 1.95 bits per heavy atom. The van der Waals surface area contributed by atoms with Crippen molar-refractivity contribution < 1.29 is 4.39 Å². The Labute approximate surface area is 236 Å². The summed E-state index contributed by atoms with van der Waals surface area (Å²) in [6.07, 6.45) is 19.8. The van der Waals surface area contributed by atoms with E-state index in [2.05, 4.69) is 63.3 Å². The normalized spacial score (nSPS) is 25.5. The van der Waals surface area contributed by atoms with E-state index >= 15 is 4.39 Å². The molecule has 39 heavy (non-hydrogen) atoms. The minimum Gasteiger partial charge on any atom is -0.402 e. The van der Waals surface area contributed by atoms with Crippen molar-refractivity contribution in [3.8, 4) is 0 Å². The summed E-state index contributed by atoms with van der Waals surface area (Å²) in [5, 5.41) is 3.50. The number of hydrogen-bond acceptors (Lipinski definition) is 4. The fourth-order valence-corrected chi connectivity index (χ4v) is 6.83. The number of nitrogens with zero attached hydrogens (tertiary/aromatic N) is 3. The van der Waals surface area contributed by atoms with E-state index in [9.17, 15) is 0 Å². The van der Waals surface area contributed by atoms with Crippen molar-refractivity contribution >= 4 is 11.5 Å². The van der Waals surface area contributed by atoms with Crippen LogP contribution in [0.4, 0.5) is 4.39 Å². The molecule has 1 atom stereocenters. The van der Waals surface area contributed by atoms with E-state index < -0.39 is 0 Å². The first-order chi connectivity index (χ1) is 18.8. The van der Waals surface area contributed by atoms with Gasteiger partial charge >= 0.3 is 0 Å². The second kappa shape index (κ2) is 13.3. The molecule has 2 heterocycles. The highest BCUT2D eigenvalue weighted by Gasteiger charge is 2.41. The third-order valence-corrected chi connectivity index (χ3v) is 9.42. The molecule has 6 heteroatoms. The van der Waals surface area contributed by atoms with Crippen LogP contribution in [-0.2, 0) is 0 Å². The quantitative estimate of drug-likeness (QED) is 0.252. The predicted molar refractivity (Wildman–Crippen MR) is 163 cm³/mol. The molecule has 3 N–H and O–H groups in total. The van der Waals surface area contributed by atoms with Gasteiger partial charge in [-0.05, 0) is 87.2 Å². The van der Waals surface area contributed by atoms with Crippen molar-refractivity contribution in [3.63, 3.8) is 0 Å². The second-order valence-electron chi connectivity index (χ2n) is 12.1. The van der Waals surface area contributed by atoms with Crippen LogP contribution in [0.2, 0.25) is 0 Å². The van der Waals surface area contributed by atoms with Crippen LogP contribution in [-0.4, -0.2) is 42.8 Å². The molecule has 5 nitrogen and oxygen atoms in total. The number of nitrogens with one attached hydrogen (secondary N) is 1. The summed E-state index contributed by atoms with van der Waals surface area (Å²) in [6, 6.07) is 0. The van der Waals surface area contributed by atoms with Gasteiger partial charge in [0.15, 0.2) is 0 Å². The standard InChI is InChI=1S/C33H50FN5/c1-6-24(25-15-19-39(5)20-16-25)22-36-30(7-2)37-31-14-13-28(34)32(38-31)26-11-10-12-29(35)27(21-26)33(23(3)4)17-8-9-18-33/h10-11,13,21-23,25,31H,6-9,12,14-20,35H2,1-5H3,(H,36,37)/b24-22+. The van der Waals surface area contributed by atoms with Gasteiger partial charge in [0.05, 0.1) is 0 Å². The monoisotopic (exact) mass is 535 g/mol. The van der Waals surface area contributed by atoms with E-state index in [-0.39, 0.29) is 17.4 Å². The number of amidine groups is 1. The summed E-state index contributed by atoms with van der Waals surface area (Å²) in [5.74, 6) is 1.75. The number of hydrogen-bond donors (Lipinski definition) is 2. The van der Waals surface area contributed by atoms with E-state index in [1.807, 2.05) is 6.08 Å². The molecule has 0 amide bonds. The van der Waals surface area contributed by atoms with Crippen LogP contribution in [0.15, 0.2) is 68.7 Å². The molecule has 0 radical (unpaired) electrons. The summed E-state index contributed by atoms with van der Waals surface area (Å²) in [5.41, 5.74) is 11.5. The third kappa shape index (κ3) is 6.82. The first kappa shape index (κ1) is 29.5. The third-order valence-electron chi connectivity index (χ3n) is 9.42. The van der Waals surface area contributed by atoms with Gasteiger partial charge in [0.2, 0.25) is 0 Å². The zero-order valence-corrected chi connectivity index (χ0v) is 24.9. The number of aliphatic imine (C=N–C) groups is 2. The molecule has 0 spiro atoms. The molecule has 0 aromatic rings. The zero-order chi connectivity index (χ0) is 28.0. The minimum absolute atomic E-state index is 0.0602. The van der Waals surface area contributed by atoms with Gasteiger partial charge in [-0.2, -0.15) is 0 Å². The molecule has 2 aliphatic heterocycles. The smallest absolute Gasteiger partial charge is 0.145 e. The molecule has 4 aliphatic rings. The largest absolute Gasteiger partial charge is 0.402 e. The van der Waals surface area contributed by atoms with Gasteiger partial charge in [-0.25, -0.2) is 9.38 Å². The van der Waals surface area contributed by atoms with E-state index in [4.69, 9.17) is 15.7 Å². The SMILES string of the molecule is CCC(=NC1CC=C(F)C(C2=CC(C3(C(C)C)CCCC3)=C(N)CC=C2)=N1)N/C=C(\CC)C1CCN(C)CC1. The minimum atomic E-state index is -0.336.